The van der Waals surface area contributed by atoms with Crippen LogP contribution in [-0.2, 0) is 4.79 Å². The highest BCUT2D eigenvalue weighted by Gasteiger charge is 2.37. The predicted molar refractivity (Wildman–Crippen MR) is 77.2 cm³/mol. The molecule has 0 spiro atoms. The highest BCUT2D eigenvalue weighted by Crippen LogP contribution is 2.25. The summed E-state index contributed by atoms with van der Waals surface area (Å²) in [6.07, 6.45) is 0.347. The molecule has 1 aromatic rings. The molecule has 1 amide bonds. The number of rotatable bonds is 5. The molecule has 1 rings (SSSR count). The summed E-state index contributed by atoms with van der Waals surface area (Å²) in [5, 5.41) is 13.0. The van der Waals surface area contributed by atoms with Crippen LogP contribution in [0.3, 0.4) is 0 Å². The lowest BCUT2D eigenvalue weighted by Gasteiger charge is -2.29. The first-order valence-corrected chi connectivity index (χ1v) is 6.88. The summed E-state index contributed by atoms with van der Waals surface area (Å²) in [5.41, 5.74) is -0.862. The van der Waals surface area contributed by atoms with Gasteiger partial charge in [-0.05, 0) is 34.3 Å². The van der Waals surface area contributed by atoms with E-state index in [0.29, 0.717) is 22.6 Å². The van der Waals surface area contributed by atoms with Gasteiger partial charge in [0.25, 0.3) is 5.91 Å². The molecule has 19 heavy (non-hydrogen) atoms. The number of halogens is 1. The van der Waals surface area contributed by atoms with Crippen molar-refractivity contribution in [3.63, 3.8) is 0 Å². The fourth-order valence-corrected chi connectivity index (χ4v) is 2.14. The third kappa shape index (κ3) is 3.67. The van der Waals surface area contributed by atoms with Gasteiger partial charge in [0.15, 0.2) is 0 Å². The van der Waals surface area contributed by atoms with Gasteiger partial charge in [-0.15, -0.1) is 0 Å². The zero-order valence-electron chi connectivity index (χ0n) is 11.5. The van der Waals surface area contributed by atoms with E-state index in [-0.39, 0.29) is 5.92 Å². The average Bonchev–Trinajstić information content (AvgIpc) is 2.36. The van der Waals surface area contributed by atoms with Gasteiger partial charge in [0.1, 0.15) is 10.2 Å². The molecule has 0 fully saturated rings. The maximum absolute atomic E-state index is 12.2. The van der Waals surface area contributed by atoms with Crippen LogP contribution in [0.25, 0.3) is 0 Å². The van der Waals surface area contributed by atoms with Gasteiger partial charge in [-0.2, -0.15) is 0 Å². The monoisotopic (exact) mass is 330 g/mol. The minimum absolute atomic E-state index is 0.176. The number of aromatic nitrogens is 1. The summed E-state index contributed by atoms with van der Waals surface area (Å²) < 4.78 is 5.57. The Bertz CT molecular complexity index is 465. The van der Waals surface area contributed by atoms with Gasteiger partial charge in [0.2, 0.25) is 5.88 Å². The van der Waals surface area contributed by atoms with E-state index >= 15 is 0 Å². The van der Waals surface area contributed by atoms with Gasteiger partial charge in [0.05, 0.1) is 7.11 Å². The number of pyridine rings is 1. The van der Waals surface area contributed by atoms with Crippen molar-refractivity contribution in [1.82, 2.24) is 4.98 Å². The molecule has 0 aromatic carbocycles. The summed E-state index contributed by atoms with van der Waals surface area (Å²) >= 11 is 3.24. The molecule has 5 nitrogen and oxygen atoms in total. The Balaban J connectivity index is 2.96. The third-order valence-electron chi connectivity index (χ3n) is 3.12. The second-order valence-corrected chi connectivity index (χ2v) is 5.42. The third-order valence-corrected chi connectivity index (χ3v) is 3.53. The number of carbonyl (C=O) groups excluding carboxylic acids is 1. The molecule has 0 aliphatic carbocycles. The topological polar surface area (TPSA) is 71.5 Å². The highest BCUT2D eigenvalue weighted by atomic mass is 79.9. The first-order valence-electron chi connectivity index (χ1n) is 6.09. The predicted octanol–water partition coefficient (Wildman–Crippen LogP) is 2.59. The molecule has 2 N–H and O–H groups in total. The number of ether oxygens (including phenoxy) is 1. The number of aliphatic hydroxyl groups is 1. The maximum Gasteiger partial charge on any atom is 0.256 e. The first-order chi connectivity index (χ1) is 8.83. The number of hydrogen-bond donors (Lipinski definition) is 2. The van der Waals surface area contributed by atoms with Gasteiger partial charge in [-0.25, -0.2) is 4.98 Å². The molecule has 6 heteroatoms. The van der Waals surface area contributed by atoms with Crippen LogP contribution in [0.2, 0.25) is 0 Å². The van der Waals surface area contributed by atoms with E-state index < -0.39 is 11.5 Å². The molecule has 0 radical (unpaired) electrons. The minimum Gasteiger partial charge on any atom is -0.481 e. The molecule has 0 bridgehead atoms. The normalized spacial score (nSPS) is 14.1. The lowest BCUT2D eigenvalue weighted by Crippen LogP contribution is -2.46. The van der Waals surface area contributed by atoms with E-state index in [1.165, 1.54) is 7.11 Å². The maximum atomic E-state index is 12.2. The molecule has 0 saturated carbocycles. The Morgan fingerprint density at radius 2 is 2.21 bits per heavy atom. The minimum atomic E-state index is -1.39. The SMILES string of the molecule is CCC(O)(C(=O)Nc1cc(Br)nc(OC)c1)C(C)C. The average molecular weight is 331 g/mol. The Hall–Kier alpha value is -1.14. The zero-order chi connectivity index (χ0) is 14.6. The number of anilines is 1. The number of nitrogens with zero attached hydrogens (tertiary/aromatic N) is 1. The summed E-state index contributed by atoms with van der Waals surface area (Å²) in [6, 6.07) is 3.25. The Morgan fingerprint density at radius 3 is 2.68 bits per heavy atom. The van der Waals surface area contributed by atoms with Crippen molar-refractivity contribution in [2.75, 3.05) is 12.4 Å². The quantitative estimate of drug-likeness (QED) is 0.814. The second-order valence-electron chi connectivity index (χ2n) is 4.61. The fourth-order valence-electron chi connectivity index (χ4n) is 1.72. The van der Waals surface area contributed by atoms with E-state index in [0.717, 1.165) is 0 Å². The van der Waals surface area contributed by atoms with Crippen molar-refractivity contribution in [3.05, 3.63) is 16.7 Å². The lowest BCUT2D eigenvalue weighted by molar-refractivity contribution is -0.139. The van der Waals surface area contributed by atoms with Crippen LogP contribution in [0.5, 0.6) is 5.88 Å². The van der Waals surface area contributed by atoms with E-state index in [4.69, 9.17) is 4.74 Å². The zero-order valence-corrected chi connectivity index (χ0v) is 13.1. The van der Waals surface area contributed by atoms with Crippen molar-refractivity contribution in [1.29, 1.82) is 0 Å². The van der Waals surface area contributed by atoms with Crippen molar-refractivity contribution < 1.29 is 14.6 Å². The van der Waals surface area contributed by atoms with Crippen molar-refractivity contribution >= 4 is 27.5 Å². The van der Waals surface area contributed by atoms with Gasteiger partial charge in [0, 0.05) is 11.8 Å². The molecular weight excluding hydrogens is 312 g/mol. The molecule has 0 aliphatic rings. The van der Waals surface area contributed by atoms with Crippen molar-refractivity contribution in [2.45, 2.75) is 32.8 Å². The van der Waals surface area contributed by atoms with Gasteiger partial charge >= 0.3 is 0 Å². The molecule has 1 aromatic heterocycles. The van der Waals surface area contributed by atoms with E-state index in [1.54, 1.807) is 19.1 Å². The Labute approximate surface area is 121 Å². The van der Waals surface area contributed by atoms with Crippen LogP contribution >= 0.6 is 15.9 Å². The fraction of sp³-hybridized carbons (Fsp3) is 0.538. The Morgan fingerprint density at radius 1 is 1.58 bits per heavy atom. The van der Waals surface area contributed by atoms with E-state index in [9.17, 15) is 9.90 Å². The smallest absolute Gasteiger partial charge is 0.256 e. The number of carbonyl (C=O) groups is 1. The van der Waals surface area contributed by atoms with Crippen molar-refractivity contribution in [2.24, 2.45) is 5.92 Å². The second kappa shape index (κ2) is 6.34. The summed E-state index contributed by atoms with van der Waals surface area (Å²) in [5.74, 6) is -0.218. The number of amides is 1. The lowest BCUT2D eigenvalue weighted by atomic mass is 9.87. The van der Waals surface area contributed by atoms with Crippen LogP contribution in [0.1, 0.15) is 27.2 Å². The molecule has 1 heterocycles. The van der Waals surface area contributed by atoms with Crippen LogP contribution in [-0.4, -0.2) is 28.7 Å². The van der Waals surface area contributed by atoms with Gasteiger partial charge < -0.3 is 15.2 Å². The molecular formula is C13H19BrN2O3. The molecule has 0 aliphatic heterocycles. The van der Waals surface area contributed by atoms with Crippen LogP contribution in [0, 0.1) is 5.92 Å². The standard InChI is InChI=1S/C13H19BrN2O3/c1-5-13(18,8(2)3)12(17)15-9-6-10(14)16-11(7-9)19-4/h6-8,18H,5H2,1-4H3,(H,15,16,17). The summed E-state index contributed by atoms with van der Waals surface area (Å²) in [4.78, 5) is 16.2. The molecule has 1 atom stereocenters. The largest absolute Gasteiger partial charge is 0.481 e. The summed E-state index contributed by atoms with van der Waals surface area (Å²) in [7, 11) is 1.50. The van der Waals surface area contributed by atoms with Gasteiger partial charge in [-0.1, -0.05) is 20.8 Å². The Kier molecular flexibility index (Phi) is 5.31. The van der Waals surface area contributed by atoms with E-state index in [1.807, 2.05) is 13.8 Å². The summed E-state index contributed by atoms with van der Waals surface area (Å²) in [6.45, 7) is 5.40. The number of nitrogens with one attached hydrogen (secondary N) is 1. The highest BCUT2D eigenvalue weighted by molar-refractivity contribution is 9.10. The number of hydrogen-bond acceptors (Lipinski definition) is 4. The van der Waals surface area contributed by atoms with Gasteiger partial charge in [-0.3, -0.25) is 4.79 Å². The van der Waals surface area contributed by atoms with Crippen molar-refractivity contribution in [3.8, 4) is 5.88 Å². The molecule has 106 valence electrons. The number of methoxy groups -OCH3 is 1. The molecule has 1 unspecified atom stereocenters. The first kappa shape index (κ1) is 15.9. The van der Waals surface area contributed by atoms with Crippen LogP contribution in [0.15, 0.2) is 16.7 Å². The van der Waals surface area contributed by atoms with Crippen LogP contribution < -0.4 is 10.1 Å². The molecule has 0 saturated heterocycles. The van der Waals surface area contributed by atoms with Crippen LogP contribution in [0.4, 0.5) is 5.69 Å². The van der Waals surface area contributed by atoms with E-state index in [2.05, 4.69) is 26.2 Å².